The Morgan fingerprint density at radius 3 is 1.32 bits per heavy atom. The minimum atomic E-state index is -1.57. The lowest BCUT2D eigenvalue weighted by atomic mass is 10.3. The number of nitrogens with zero attached hydrogens (tertiary/aromatic N) is 2. The lowest BCUT2D eigenvalue weighted by molar-refractivity contribution is 0.220. The van der Waals surface area contributed by atoms with Crippen molar-refractivity contribution in [3.63, 3.8) is 0 Å². The van der Waals surface area contributed by atoms with E-state index >= 15 is 0 Å². The van der Waals surface area contributed by atoms with Crippen LogP contribution >= 0.6 is 0 Å². The molecule has 0 aliphatic heterocycles. The Morgan fingerprint density at radius 2 is 1.00 bits per heavy atom. The molecule has 0 saturated heterocycles. The van der Waals surface area contributed by atoms with Crippen molar-refractivity contribution in [2.45, 2.75) is 64.0 Å². The molecule has 2 N–H and O–H groups in total. The van der Waals surface area contributed by atoms with Gasteiger partial charge in [0.05, 0.1) is 13.2 Å². The highest BCUT2D eigenvalue weighted by Crippen LogP contribution is 2.24. The van der Waals surface area contributed by atoms with Gasteiger partial charge in [0.25, 0.3) is 0 Å². The summed E-state index contributed by atoms with van der Waals surface area (Å²) in [5.41, 5.74) is 0. The molecule has 0 unspecified atom stereocenters. The van der Waals surface area contributed by atoms with Crippen LogP contribution in [-0.2, 0) is 4.12 Å². The molecular formula is C18H44N2O3Si2. The molecule has 0 atom stereocenters. The first-order valence-corrected chi connectivity index (χ1v) is 16.1. The van der Waals surface area contributed by atoms with Crippen molar-refractivity contribution < 1.29 is 14.3 Å². The van der Waals surface area contributed by atoms with Crippen LogP contribution in [-0.4, -0.2) is 90.1 Å². The predicted molar refractivity (Wildman–Crippen MR) is 113 cm³/mol. The molecule has 0 aliphatic carbocycles. The Bertz CT molecular complexity index is 301. The van der Waals surface area contributed by atoms with Crippen LogP contribution in [0.25, 0.3) is 0 Å². The summed E-state index contributed by atoms with van der Waals surface area (Å²) in [7, 11) is 0.998. The predicted octanol–water partition coefficient (Wildman–Crippen LogP) is 2.82. The molecule has 0 bridgehead atoms. The van der Waals surface area contributed by atoms with Gasteiger partial charge in [0.1, 0.15) is 0 Å². The van der Waals surface area contributed by atoms with Crippen LogP contribution in [0.15, 0.2) is 0 Å². The van der Waals surface area contributed by atoms with Crippen LogP contribution in [0, 0.1) is 0 Å². The van der Waals surface area contributed by atoms with Gasteiger partial charge in [-0.2, -0.15) is 0 Å². The number of aliphatic hydroxyl groups is 2. The summed E-state index contributed by atoms with van der Waals surface area (Å²) in [5.74, 6) is 0. The quantitative estimate of drug-likeness (QED) is 0.312. The molecule has 0 aromatic rings. The minimum absolute atomic E-state index is 0.245. The van der Waals surface area contributed by atoms with Crippen molar-refractivity contribution in [1.82, 2.24) is 9.80 Å². The second-order valence-corrected chi connectivity index (χ2v) is 17.4. The fourth-order valence-electron chi connectivity index (χ4n) is 3.28. The molecule has 0 aromatic carbocycles. The van der Waals surface area contributed by atoms with E-state index in [1.807, 2.05) is 0 Å². The molecule has 0 heterocycles. The summed E-state index contributed by atoms with van der Waals surface area (Å²) < 4.78 is 6.70. The van der Waals surface area contributed by atoms with E-state index in [9.17, 15) is 0 Å². The van der Waals surface area contributed by atoms with Crippen molar-refractivity contribution in [3.8, 4) is 0 Å². The van der Waals surface area contributed by atoms with Gasteiger partial charge in [-0.1, -0.05) is 12.8 Å². The molecule has 0 saturated carbocycles. The molecule has 7 heteroatoms. The van der Waals surface area contributed by atoms with Crippen LogP contribution in [0.4, 0.5) is 0 Å². The molecular weight excluding hydrogens is 348 g/mol. The lowest BCUT2D eigenvalue weighted by Gasteiger charge is -2.34. The van der Waals surface area contributed by atoms with E-state index in [0.29, 0.717) is 0 Å². The van der Waals surface area contributed by atoms with Gasteiger partial charge in [-0.3, -0.25) is 0 Å². The fourth-order valence-corrected chi connectivity index (χ4v) is 12.3. The second kappa shape index (κ2) is 13.4. The van der Waals surface area contributed by atoms with Gasteiger partial charge in [-0.25, -0.2) is 0 Å². The first-order valence-electron chi connectivity index (χ1n) is 9.91. The molecule has 152 valence electrons. The molecule has 0 amide bonds. The summed E-state index contributed by atoms with van der Waals surface area (Å²) in [5, 5.41) is 17.9. The number of hydrogen-bond acceptors (Lipinski definition) is 5. The molecule has 0 fully saturated rings. The molecule has 0 spiro atoms. The molecule has 25 heavy (non-hydrogen) atoms. The highest BCUT2D eigenvalue weighted by atomic mass is 28.4. The van der Waals surface area contributed by atoms with E-state index in [0.717, 1.165) is 26.2 Å². The zero-order valence-electron chi connectivity index (χ0n) is 17.7. The van der Waals surface area contributed by atoms with Crippen molar-refractivity contribution in [1.29, 1.82) is 0 Å². The van der Waals surface area contributed by atoms with E-state index in [-0.39, 0.29) is 13.2 Å². The smallest absolute Gasteiger partial charge is 0.173 e. The first kappa shape index (κ1) is 25.2. The van der Waals surface area contributed by atoms with Gasteiger partial charge in [-0.05, 0) is 78.3 Å². The van der Waals surface area contributed by atoms with Crippen LogP contribution in [0.1, 0.15) is 25.7 Å². The molecule has 0 aliphatic rings. The van der Waals surface area contributed by atoms with E-state index in [1.54, 1.807) is 0 Å². The van der Waals surface area contributed by atoms with Crippen LogP contribution in [0.3, 0.4) is 0 Å². The minimum Gasteiger partial charge on any atom is -0.455 e. The number of likely N-dealkylation sites (N-methyl/N-ethyl adjacent to an activating group) is 2. The van der Waals surface area contributed by atoms with Crippen LogP contribution in [0.5, 0.6) is 0 Å². The standard InChI is InChI=1S/C18H44N2O3Si2/c1-19(13-15-21)11-7-9-17-24(3,4)23-25(5,6)18-10-8-12-20(2)14-16-22/h21-22H,7-18H2,1-6H3. The Kier molecular flexibility index (Phi) is 13.5. The lowest BCUT2D eigenvalue weighted by Crippen LogP contribution is -2.44. The maximum Gasteiger partial charge on any atom is 0.173 e. The number of unbranched alkanes of at least 4 members (excludes halogenated alkanes) is 2. The Morgan fingerprint density at radius 1 is 0.640 bits per heavy atom. The normalized spacial score (nSPS) is 13.2. The molecule has 5 nitrogen and oxygen atoms in total. The molecule has 0 radical (unpaired) electrons. The van der Waals surface area contributed by atoms with E-state index in [2.05, 4.69) is 50.1 Å². The maximum absolute atomic E-state index is 8.93. The van der Waals surface area contributed by atoms with Crippen molar-refractivity contribution in [3.05, 3.63) is 0 Å². The Labute approximate surface area is 158 Å². The maximum atomic E-state index is 8.93. The number of aliphatic hydroxyl groups excluding tert-OH is 2. The SMILES string of the molecule is CN(CCO)CCCC[Si](C)(C)O[Si](C)(C)CCCCN(C)CCO. The van der Waals surface area contributed by atoms with Gasteiger partial charge in [0, 0.05) is 13.1 Å². The van der Waals surface area contributed by atoms with E-state index < -0.39 is 16.6 Å². The highest BCUT2D eigenvalue weighted by molar-refractivity contribution is 6.84. The number of rotatable bonds is 16. The summed E-state index contributed by atoms with van der Waals surface area (Å²) in [6.45, 7) is 13.6. The average molecular weight is 393 g/mol. The summed E-state index contributed by atoms with van der Waals surface area (Å²) in [6.07, 6.45) is 4.84. The first-order chi connectivity index (χ1) is 11.6. The number of hydrogen-bond donors (Lipinski definition) is 2. The van der Waals surface area contributed by atoms with Crippen LogP contribution in [0.2, 0.25) is 38.3 Å². The average Bonchev–Trinajstić information content (AvgIpc) is 2.48. The zero-order chi connectivity index (χ0) is 19.3. The van der Waals surface area contributed by atoms with Gasteiger partial charge >= 0.3 is 0 Å². The monoisotopic (exact) mass is 392 g/mol. The fraction of sp³-hybridized carbons (Fsp3) is 1.00. The van der Waals surface area contributed by atoms with Gasteiger partial charge in [0.2, 0.25) is 0 Å². The third-order valence-electron chi connectivity index (χ3n) is 4.65. The summed E-state index contributed by atoms with van der Waals surface area (Å²) in [4.78, 5) is 4.39. The van der Waals surface area contributed by atoms with Crippen LogP contribution < -0.4 is 0 Å². The van der Waals surface area contributed by atoms with E-state index in [1.165, 1.54) is 37.8 Å². The summed E-state index contributed by atoms with van der Waals surface area (Å²) >= 11 is 0. The summed E-state index contributed by atoms with van der Waals surface area (Å²) in [6, 6.07) is 2.46. The van der Waals surface area contributed by atoms with E-state index in [4.69, 9.17) is 14.3 Å². The second-order valence-electron chi connectivity index (χ2n) is 8.59. The van der Waals surface area contributed by atoms with Crippen molar-refractivity contribution >= 4 is 16.6 Å². The topological polar surface area (TPSA) is 56.2 Å². The van der Waals surface area contributed by atoms with Crippen molar-refractivity contribution in [2.24, 2.45) is 0 Å². The zero-order valence-corrected chi connectivity index (χ0v) is 19.7. The van der Waals surface area contributed by atoms with Crippen molar-refractivity contribution in [2.75, 3.05) is 53.5 Å². The molecule has 0 rings (SSSR count). The Hall–Kier alpha value is 0.234. The largest absolute Gasteiger partial charge is 0.455 e. The third kappa shape index (κ3) is 15.0. The van der Waals surface area contributed by atoms with Gasteiger partial charge < -0.3 is 24.1 Å². The Balaban J connectivity index is 3.98. The molecule has 0 aromatic heterocycles. The third-order valence-corrected chi connectivity index (χ3v) is 12.2. The highest BCUT2D eigenvalue weighted by Gasteiger charge is 2.32. The van der Waals surface area contributed by atoms with Gasteiger partial charge in [0.15, 0.2) is 16.6 Å². The van der Waals surface area contributed by atoms with Gasteiger partial charge in [-0.15, -0.1) is 0 Å².